The molecule has 2 heterocycles. The molecule has 1 saturated heterocycles. The van der Waals surface area contributed by atoms with Gasteiger partial charge in [-0.15, -0.1) is 0 Å². The average molecular weight is 457 g/mol. The highest BCUT2D eigenvalue weighted by Crippen LogP contribution is 2.36. The van der Waals surface area contributed by atoms with Gasteiger partial charge in [0.25, 0.3) is 5.69 Å². The third-order valence-electron chi connectivity index (χ3n) is 5.80. The lowest BCUT2D eigenvalue weighted by Crippen LogP contribution is -2.29. The van der Waals surface area contributed by atoms with Crippen molar-refractivity contribution < 1.29 is 23.2 Å². The maximum absolute atomic E-state index is 13.1. The molecule has 9 heteroatoms. The van der Waals surface area contributed by atoms with E-state index in [4.69, 9.17) is 0 Å². The van der Waals surface area contributed by atoms with Crippen LogP contribution < -0.4 is 4.90 Å². The Labute approximate surface area is 188 Å². The minimum Gasteiger partial charge on any atom is -0.384 e. The van der Waals surface area contributed by atoms with Crippen molar-refractivity contribution in [2.75, 3.05) is 18.0 Å². The van der Waals surface area contributed by atoms with Gasteiger partial charge in [-0.2, -0.15) is 13.2 Å². The Morgan fingerprint density at radius 2 is 1.73 bits per heavy atom. The molecular formula is C24H22F3N3O3. The Hall–Kier alpha value is -3.46. The Bertz CT molecular complexity index is 1160. The van der Waals surface area contributed by atoms with Crippen molar-refractivity contribution >= 4 is 11.4 Å². The number of pyridine rings is 1. The zero-order valence-electron chi connectivity index (χ0n) is 17.6. The number of rotatable bonds is 5. The molecule has 3 aromatic rings. The maximum atomic E-state index is 13.1. The van der Waals surface area contributed by atoms with Crippen molar-refractivity contribution in [3.05, 3.63) is 87.6 Å². The summed E-state index contributed by atoms with van der Waals surface area (Å²) in [5.41, 5.74) is 0.772. The van der Waals surface area contributed by atoms with E-state index in [0.717, 1.165) is 50.2 Å². The summed E-state index contributed by atoms with van der Waals surface area (Å²) < 4.78 is 39.2. The quantitative estimate of drug-likeness (QED) is 0.390. The van der Waals surface area contributed by atoms with Crippen molar-refractivity contribution in [3.8, 4) is 11.3 Å². The lowest BCUT2D eigenvalue weighted by Gasteiger charge is -2.29. The molecule has 0 radical (unpaired) electrons. The molecule has 4 rings (SSSR count). The SMILES string of the molecule is O=[N+]([O-])c1ccc(N2CCCCC2)cc1-c1cc(C(O)c2cccc(C(F)(F)F)c2)ccn1. The molecule has 2 aromatic carbocycles. The van der Waals surface area contributed by atoms with Crippen molar-refractivity contribution in [2.45, 2.75) is 31.5 Å². The fourth-order valence-electron chi connectivity index (χ4n) is 4.08. The number of alkyl halides is 3. The summed E-state index contributed by atoms with van der Waals surface area (Å²) in [5, 5.41) is 22.4. The molecule has 1 atom stereocenters. The molecule has 33 heavy (non-hydrogen) atoms. The zero-order chi connectivity index (χ0) is 23.6. The van der Waals surface area contributed by atoms with Crippen LogP contribution in [0.4, 0.5) is 24.5 Å². The highest BCUT2D eigenvalue weighted by Gasteiger charge is 2.31. The Morgan fingerprint density at radius 3 is 2.42 bits per heavy atom. The summed E-state index contributed by atoms with van der Waals surface area (Å²) >= 11 is 0. The number of aliphatic hydroxyl groups is 1. The van der Waals surface area contributed by atoms with E-state index in [1.54, 1.807) is 12.1 Å². The molecule has 0 spiro atoms. The van der Waals surface area contributed by atoms with Gasteiger partial charge in [-0.1, -0.05) is 12.1 Å². The molecule has 1 fully saturated rings. The predicted octanol–water partition coefficient (Wildman–Crippen LogP) is 5.75. The van der Waals surface area contributed by atoms with Crippen LogP contribution in [-0.4, -0.2) is 28.1 Å². The molecule has 1 aromatic heterocycles. The normalized spacial score (nSPS) is 15.3. The van der Waals surface area contributed by atoms with Crippen LogP contribution in [0.25, 0.3) is 11.3 Å². The van der Waals surface area contributed by atoms with Crippen LogP contribution in [0.2, 0.25) is 0 Å². The largest absolute Gasteiger partial charge is 0.416 e. The van der Waals surface area contributed by atoms with E-state index in [1.807, 2.05) is 0 Å². The van der Waals surface area contributed by atoms with Gasteiger partial charge in [-0.25, -0.2) is 0 Å². The van der Waals surface area contributed by atoms with Crippen LogP contribution in [0.1, 0.15) is 42.1 Å². The van der Waals surface area contributed by atoms with Crippen LogP contribution in [0, 0.1) is 10.1 Å². The number of aliphatic hydroxyl groups excluding tert-OH is 1. The molecule has 1 aliphatic rings. The highest BCUT2D eigenvalue weighted by atomic mass is 19.4. The van der Waals surface area contributed by atoms with Crippen molar-refractivity contribution in [2.24, 2.45) is 0 Å². The van der Waals surface area contributed by atoms with E-state index in [2.05, 4.69) is 9.88 Å². The van der Waals surface area contributed by atoms with Crippen LogP contribution in [0.3, 0.4) is 0 Å². The lowest BCUT2D eigenvalue weighted by atomic mass is 9.98. The fourth-order valence-corrected chi connectivity index (χ4v) is 4.08. The van der Waals surface area contributed by atoms with Crippen molar-refractivity contribution in [3.63, 3.8) is 0 Å². The molecule has 172 valence electrons. The molecule has 0 aliphatic carbocycles. The Morgan fingerprint density at radius 1 is 1.00 bits per heavy atom. The molecule has 1 aliphatic heterocycles. The second-order valence-corrected chi connectivity index (χ2v) is 8.01. The first-order valence-electron chi connectivity index (χ1n) is 10.6. The van der Waals surface area contributed by atoms with Crippen LogP contribution in [-0.2, 0) is 6.18 Å². The number of piperidine rings is 1. The summed E-state index contributed by atoms with van der Waals surface area (Å²) in [4.78, 5) is 17.6. The van der Waals surface area contributed by atoms with Gasteiger partial charge in [-0.3, -0.25) is 15.1 Å². The van der Waals surface area contributed by atoms with Crippen LogP contribution in [0.5, 0.6) is 0 Å². The molecule has 0 saturated carbocycles. The van der Waals surface area contributed by atoms with Crippen molar-refractivity contribution in [1.82, 2.24) is 4.98 Å². The number of hydrogen-bond donors (Lipinski definition) is 1. The van der Waals surface area contributed by atoms with E-state index < -0.39 is 22.8 Å². The predicted molar refractivity (Wildman–Crippen MR) is 118 cm³/mol. The van der Waals surface area contributed by atoms with Crippen molar-refractivity contribution in [1.29, 1.82) is 0 Å². The van der Waals surface area contributed by atoms with Gasteiger partial charge in [0.1, 0.15) is 6.10 Å². The van der Waals surface area contributed by atoms with Gasteiger partial charge in [0.2, 0.25) is 0 Å². The van der Waals surface area contributed by atoms with E-state index in [-0.39, 0.29) is 22.5 Å². The third-order valence-corrected chi connectivity index (χ3v) is 5.80. The van der Waals surface area contributed by atoms with Gasteiger partial charge in [0.05, 0.1) is 21.7 Å². The molecule has 1 unspecified atom stereocenters. The van der Waals surface area contributed by atoms with Gasteiger partial charge in [-0.05, 0) is 66.8 Å². The summed E-state index contributed by atoms with van der Waals surface area (Å²) in [5.74, 6) is 0. The van der Waals surface area contributed by atoms with Gasteiger partial charge < -0.3 is 10.0 Å². The summed E-state index contributed by atoms with van der Waals surface area (Å²) in [6.45, 7) is 1.72. The first-order valence-corrected chi connectivity index (χ1v) is 10.6. The number of nitro benzene ring substituents is 1. The van der Waals surface area contributed by atoms with E-state index in [0.29, 0.717) is 5.56 Å². The summed E-state index contributed by atoms with van der Waals surface area (Å²) in [7, 11) is 0. The molecular weight excluding hydrogens is 435 g/mol. The zero-order valence-corrected chi connectivity index (χ0v) is 17.6. The Balaban J connectivity index is 1.72. The number of halogens is 3. The second-order valence-electron chi connectivity index (χ2n) is 8.01. The average Bonchev–Trinajstić information content (AvgIpc) is 2.83. The Kier molecular flexibility index (Phi) is 6.33. The third kappa shape index (κ3) is 4.98. The maximum Gasteiger partial charge on any atom is 0.416 e. The van der Waals surface area contributed by atoms with Gasteiger partial charge in [0, 0.05) is 31.0 Å². The van der Waals surface area contributed by atoms with Crippen LogP contribution in [0.15, 0.2) is 60.8 Å². The van der Waals surface area contributed by atoms with E-state index in [9.17, 15) is 28.4 Å². The summed E-state index contributed by atoms with van der Waals surface area (Å²) in [6, 6.07) is 12.3. The topological polar surface area (TPSA) is 79.5 Å². The number of hydrogen-bond acceptors (Lipinski definition) is 5. The minimum absolute atomic E-state index is 0.0681. The van der Waals surface area contributed by atoms with E-state index >= 15 is 0 Å². The smallest absolute Gasteiger partial charge is 0.384 e. The highest BCUT2D eigenvalue weighted by molar-refractivity contribution is 5.75. The van der Waals surface area contributed by atoms with Gasteiger partial charge >= 0.3 is 6.18 Å². The minimum atomic E-state index is -4.53. The molecule has 6 nitrogen and oxygen atoms in total. The molecule has 1 N–H and O–H groups in total. The second kappa shape index (κ2) is 9.19. The first kappa shape index (κ1) is 22.7. The fraction of sp³-hybridized carbons (Fsp3) is 0.292. The van der Waals surface area contributed by atoms with E-state index in [1.165, 1.54) is 36.5 Å². The van der Waals surface area contributed by atoms with Crippen LogP contribution >= 0.6 is 0 Å². The number of benzene rings is 2. The number of nitrogens with zero attached hydrogens (tertiary/aromatic N) is 3. The number of aromatic nitrogens is 1. The molecule has 0 amide bonds. The first-order chi connectivity index (χ1) is 15.7. The summed E-state index contributed by atoms with van der Waals surface area (Å²) in [6.07, 6.45) is -1.26. The number of nitro groups is 1. The lowest BCUT2D eigenvalue weighted by molar-refractivity contribution is -0.384. The standard InChI is InChI=1S/C24H22F3N3O3/c25-24(26,27)18-6-4-5-16(13-18)23(31)17-9-10-28-21(14-17)20-15-19(7-8-22(20)30(32)33)29-11-2-1-3-12-29/h4-10,13-15,23,31H,1-3,11-12H2. The van der Waals surface area contributed by atoms with Gasteiger partial charge in [0.15, 0.2) is 0 Å². The number of anilines is 1. The molecule has 0 bridgehead atoms. The monoisotopic (exact) mass is 457 g/mol.